The zero-order valence-corrected chi connectivity index (χ0v) is 14.2. The highest BCUT2D eigenvalue weighted by molar-refractivity contribution is 5.93. The van der Waals surface area contributed by atoms with Gasteiger partial charge in [0.1, 0.15) is 11.4 Å². The van der Waals surface area contributed by atoms with E-state index < -0.39 is 0 Å². The standard InChI is InChI=1S/C17H21N5O3/c1-11-2-5-13(15(23)18-11)16(24)20-7-6-14-19-22(10-12-3-4-12)17(25)21(14)9-8-20/h2,5,12H,3-4,6-10H2,1H3,(H,18,23). The van der Waals surface area contributed by atoms with Crippen LogP contribution in [0.1, 0.15) is 34.7 Å². The molecule has 8 nitrogen and oxygen atoms in total. The number of nitrogens with zero attached hydrogens (tertiary/aromatic N) is 4. The number of aryl methyl sites for hydroxylation is 1. The minimum absolute atomic E-state index is 0.0932. The maximum absolute atomic E-state index is 12.7. The average Bonchev–Trinajstić information content (AvgIpc) is 3.36. The van der Waals surface area contributed by atoms with E-state index in [4.69, 9.17) is 0 Å². The van der Waals surface area contributed by atoms with E-state index in [-0.39, 0.29) is 22.7 Å². The number of aromatic amines is 1. The van der Waals surface area contributed by atoms with E-state index in [1.165, 1.54) is 12.8 Å². The number of carbonyl (C=O) groups is 1. The number of nitrogens with one attached hydrogen (secondary N) is 1. The van der Waals surface area contributed by atoms with Crippen LogP contribution >= 0.6 is 0 Å². The lowest BCUT2D eigenvalue weighted by Crippen LogP contribution is -2.37. The van der Waals surface area contributed by atoms with Crippen molar-refractivity contribution in [3.05, 3.63) is 50.1 Å². The van der Waals surface area contributed by atoms with Crippen molar-refractivity contribution in [3.8, 4) is 0 Å². The van der Waals surface area contributed by atoms with Crippen LogP contribution in [-0.2, 0) is 19.5 Å². The number of rotatable bonds is 3. The van der Waals surface area contributed by atoms with Gasteiger partial charge in [-0.25, -0.2) is 9.48 Å². The van der Waals surface area contributed by atoms with Crippen molar-refractivity contribution in [2.75, 3.05) is 13.1 Å². The zero-order chi connectivity index (χ0) is 17.6. The van der Waals surface area contributed by atoms with Gasteiger partial charge in [-0.1, -0.05) is 0 Å². The van der Waals surface area contributed by atoms with E-state index in [9.17, 15) is 14.4 Å². The van der Waals surface area contributed by atoms with Crippen LogP contribution in [0.3, 0.4) is 0 Å². The van der Waals surface area contributed by atoms with E-state index >= 15 is 0 Å². The fourth-order valence-electron chi connectivity index (χ4n) is 3.24. The Balaban J connectivity index is 1.52. The summed E-state index contributed by atoms with van der Waals surface area (Å²) in [6, 6.07) is 3.27. The molecule has 1 amide bonds. The third-order valence-corrected chi connectivity index (χ3v) is 4.90. The molecule has 1 fully saturated rings. The molecule has 0 bridgehead atoms. The van der Waals surface area contributed by atoms with Crippen LogP contribution in [-0.4, -0.2) is 43.2 Å². The fourth-order valence-corrected chi connectivity index (χ4v) is 3.24. The van der Waals surface area contributed by atoms with E-state index in [1.54, 1.807) is 33.2 Å². The maximum Gasteiger partial charge on any atom is 0.345 e. The van der Waals surface area contributed by atoms with Crippen LogP contribution in [0, 0.1) is 12.8 Å². The Kier molecular flexibility index (Phi) is 3.82. The minimum Gasteiger partial charge on any atom is -0.336 e. The van der Waals surface area contributed by atoms with Crippen molar-refractivity contribution in [3.63, 3.8) is 0 Å². The van der Waals surface area contributed by atoms with Gasteiger partial charge in [0.25, 0.3) is 11.5 Å². The summed E-state index contributed by atoms with van der Waals surface area (Å²) < 4.78 is 3.23. The average molecular weight is 343 g/mol. The van der Waals surface area contributed by atoms with E-state index in [0.29, 0.717) is 44.2 Å². The number of amides is 1. The highest BCUT2D eigenvalue weighted by Gasteiger charge is 2.27. The van der Waals surface area contributed by atoms with Crippen molar-refractivity contribution >= 4 is 5.91 Å². The van der Waals surface area contributed by atoms with Crippen LogP contribution in [0.25, 0.3) is 0 Å². The molecule has 0 aromatic carbocycles. The van der Waals surface area contributed by atoms with E-state index in [2.05, 4.69) is 10.1 Å². The molecule has 8 heteroatoms. The lowest BCUT2D eigenvalue weighted by atomic mass is 10.2. The molecule has 4 rings (SSSR count). The molecule has 0 saturated heterocycles. The van der Waals surface area contributed by atoms with E-state index in [0.717, 1.165) is 5.82 Å². The number of hydrogen-bond donors (Lipinski definition) is 1. The molecule has 2 aliphatic rings. The van der Waals surface area contributed by atoms with Gasteiger partial charge in [0, 0.05) is 38.3 Å². The van der Waals surface area contributed by atoms with Crippen molar-refractivity contribution < 1.29 is 4.79 Å². The van der Waals surface area contributed by atoms with Gasteiger partial charge in [-0.2, -0.15) is 5.10 Å². The highest BCUT2D eigenvalue weighted by atomic mass is 16.2. The molecule has 0 atom stereocenters. The first-order chi connectivity index (χ1) is 12.0. The van der Waals surface area contributed by atoms with Crippen LogP contribution in [0.15, 0.2) is 21.7 Å². The summed E-state index contributed by atoms with van der Waals surface area (Å²) in [5.74, 6) is 1.01. The number of carbonyl (C=O) groups excluding carboxylic acids is 1. The van der Waals surface area contributed by atoms with Crippen molar-refractivity contribution in [1.29, 1.82) is 0 Å². The molecule has 1 N–H and O–H groups in total. The van der Waals surface area contributed by atoms with Crippen molar-refractivity contribution in [2.45, 2.75) is 39.3 Å². The van der Waals surface area contributed by atoms with Crippen molar-refractivity contribution in [1.82, 2.24) is 24.2 Å². The topological polar surface area (TPSA) is 93.0 Å². The molecule has 0 unspecified atom stereocenters. The molecule has 2 aromatic rings. The lowest BCUT2D eigenvalue weighted by Gasteiger charge is -2.19. The number of pyridine rings is 1. The third kappa shape index (κ3) is 3.04. The van der Waals surface area contributed by atoms with Crippen LogP contribution in [0.5, 0.6) is 0 Å². The second-order valence-corrected chi connectivity index (χ2v) is 6.90. The lowest BCUT2D eigenvalue weighted by molar-refractivity contribution is 0.0756. The normalized spacial score (nSPS) is 17.2. The molecule has 0 spiro atoms. The van der Waals surface area contributed by atoms with Gasteiger partial charge >= 0.3 is 5.69 Å². The summed E-state index contributed by atoms with van der Waals surface area (Å²) in [6.07, 6.45) is 2.85. The molecule has 3 heterocycles. The zero-order valence-electron chi connectivity index (χ0n) is 14.2. The van der Waals surface area contributed by atoms with Crippen molar-refractivity contribution in [2.24, 2.45) is 5.92 Å². The Morgan fingerprint density at radius 1 is 1.24 bits per heavy atom. The molecular formula is C17H21N5O3. The first kappa shape index (κ1) is 15.9. The molecule has 2 aromatic heterocycles. The summed E-state index contributed by atoms with van der Waals surface area (Å²) >= 11 is 0. The second kappa shape index (κ2) is 6.02. The summed E-state index contributed by atoms with van der Waals surface area (Å²) in [4.78, 5) is 41.4. The van der Waals surface area contributed by atoms with Gasteiger partial charge in [-0.15, -0.1) is 0 Å². The smallest absolute Gasteiger partial charge is 0.336 e. The van der Waals surface area contributed by atoms with Crippen LogP contribution in [0.2, 0.25) is 0 Å². The summed E-state index contributed by atoms with van der Waals surface area (Å²) in [6.45, 7) is 3.72. The minimum atomic E-state index is -0.376. The molecule has 132 valence electrons. The molecule has 1 aliphatic heterocycles. The Hall–Kier alpha value is -2.64. The number of aromatic nitrogens is 4. The van der Waals surface area contributed by atoms with Gasteiger partial charge < -0.3 is 9.88 Å². The van der Waals surface area contributed by atoms with Gasteiger partial charge in [0.05, 0.1) is 0 Å². The molecule has 1 aliphatic carbocycles. The Labute approximate surface area is 144 Å². The summed E-state index contributed by atoms with van der Waals surface area (Å²) in [5.41, 5.74) is 0.383. The fraction of sp³-hybridized carbons (Fsp3) is 0.529. The van der Waals surface area contributed by atoms with Gasteiger partial charge in [-0.05, 0) is 37.8 Å². The first-order valence-corrected chi connectivity index (χ1v) is 8.68. The first-order valence-electron chi connectivity index (χ1n) is 8.68. The van der Waals surface area contributed by atoms with Crippen LogP contribution < -0.4 is 11.2 Å². The Bertz CT molecular complexity index is 934. The Morgan fingerprint density at radius 3 is 2.76 bits per heavy atom. The number of hydrogen-bond acceptors (Lipinski definition) is 4. The number of fused-ring (bicyclic) bond motifs is 1. The summed E-state index contributed by atoms with van der Waals surface area (Å²) in [5, 5.41) is 4.45. The quantitative estimate of drug-likeness (QED) is 0.858. The maximum atomic E-state index is 12.7. The second-order valence-electron chi connectivity index (χ2n) is 6.90. The van der Waals surface area contributed by atoms with Crippen LogP contribution in [0.4, 0.5) is 0 Å². The van der Waals surface area contributed by atoms with Gasteiger partial charge in [0.15, 0.2) is 0 Å². The predicted molar refractivity (Wildman–Crippen MR) is 90.6 cm³/mol. The highest BCUT2D eigenvalue weighted by Crippen LogP contribution is 2.29. The molecule has 25 heavy (non-hydrogen) atoms. The van der Waals surface area contributed by atoms with Gasteiger partial charge in [0.2, 0.25) is 0 Å². The van der Waals surface area contributed by atoms with Gasteiger partial charge in [-0.3, -0.25) is 14.2 Å². The third-order valence-electron chi connectivity index (χ3n) is 4.90. The molecule has 1 saturated carbocycles. The summed E-state index contributed by atoms with van der Waals surface area (Å²) in [7, 11) is 0. The van der Waals surface area contributed by atoms with E-state index in [1.807, 2.05) is 0 Å². The molecular weight excluding hydrogens is 322 g/mol. The SMILES string of the molecule is Cc1ccc(C(=O)N2CCc3nn(CC4CC4)c(=O)n3CC2)c(=O)[nH]1. The predicted octanol–water partition coefficient (Wildman–Crippen LogP) is 0.150. The molecule has 0 radical (unpaired) electrons. The number of H-pyrrole nitrogens is 1. The largest absolute Gasteiger partial charge is 0.345 e. The Morgan fingerprint density at radius 2 is 2.04 bits per heavy atom. The monoisotopic (exact) mass is 343 g/mol.